The van der Waals surface area contributed by atoms with Crippen LogP contribution in [0.1, 0.15) is 201 Å². The van der Waals surface area contributed by atoms with Crippen molar-refractivity contribution in [3.63, 3.8) is 0 Å². The van der Waals surface area contributed by atoms with Crippen LogP contribution < -0.4 is 5.32 Å². The minimum atomic E-state index is -1.66. The monoisotopic (exact) mass is 790 g/mol. The van der Waals surface area contributed by atoms with Crippen LogP contribution in [0.25, 0.3) is 0 Å². The van der Waals surface area contributed by atoms with E-state index in [0.717, 1.165) is 44.4 Å². The zero-order valence-electron chi connectivity index (χ0n) is 35.3. The van der Waals surface area contributed by atoms with Crippen molar-refractivity contribution in [1.29, 1.82) is 0 Å². The molecule has 0 saturated carbocycles. The number of aliphatic hydroxyl groups is 7. The van der Waals surface area contributed by atoms with Gasteiger partial charge in [0, 0.05) is 0 Å². The van der Waals surface area contributed by atoms with Crippen LogP contribution in [0.3, 0.4) is 0 Å². The molecule has 0 unspecified atom stereocenters. The molecule has 1 aliphatic rings. The van der Waals surface area contributed by atoms with Gasteiger partial charge < -0.3 is 50.5 Å². The molecule has 8 N–H and O–H groups in total. The average molecular weight is 790 g/mol. The number of nitrogens with one attached hydrogen (secondary N) is 1. The van der Waals surface area contributed by atoms with E-state index in [-0.39, 0.29) is 6.42 Å². The maximum Gasteiger partial charge on any atom is 0.249 e. The van der Waals surface area contributed by atoms with E-state index in [1.807, 2.05) is 0 Å². The Hall–Kier alpha value is -0.890. The van der Waals surface area contributed by atoms with Crippen molar-refractivity contribution in [2.45, 2.75) is 256 Å². The second-order valence-electron chi connectivity index (χ2n) is 17.0. The van der Waals surface area contributed by atoms with Crippen LogP contribution >= 0.6 is 0 Å². The fraction of sp³-hybridized carbons (Fsp3) is 0.977. The Balaban J connectivity index is 2.42. The Bertz CT molecular complexity index is 880. The quantitative estimate of drug-likeness (QED) is 0.0306. The first kappa shape index (κ1) is 52.1. The van der Waals surface area contributed by atoms with E-state index < -0.39 is 74.2 Å². The fourth-order valence-electron chi connectivity index (χ4n) is 7.51. The Morgan fingerprint density at radius 2 is 1.02 bits per heavy atom. The lowest BCUT2D eigenvalue weighted by Gasteiger charge is -2.40. The summed E-state index contributed by atoms with van der Waals surface area (Å²) in [6, 6.07) is -1.16. The Morgan fingerprint density at radius 3 is 1.45 bits per heavy atom. The van der Waals surface area contributed by atoms with Gasteiger partial charge in [0.1, 0.15) is 36.6 Å². The number of aliphatic hydroxyl groups excluding tert-OH is 7. The predicted molar refractivity (Wildman–Crippen MR) is 219 cm³/mol. The van der Waals surface area contributed by atoms with Crippen molar-refractivity contribution >= 4 is 5.91 Å². The minimum Gasteiger partial charge on any atom is -0.394 e. The number of rotatable bonds is 37. The van der Waals surface area contributed by atoms with Crippen LogP contribution in [0.5, 0.6) is 0 Å². The van der Waals surface area contributed by atoms with Crippen molar-refractivity contribution in [3.8, 4) is 0 Å². The largest absolute Gasteiger partial charge is 0.394 e. The van der Waals surface area contributed by atoms with Crippen molar-refractivity contribution in [2.24, 2.45) is 5.92 Å². The molecule has 1 heterocycles. The molecule has 1 saturated heterocycles. The molecule has 11 heteroatoms. The van der Waals surface area contributed by atoms with Gasteiger partial charge in [0.15, 0.2) is 6.29 Å². The Morgan fingerprint density at radius 1 is 0.600 bits per heavy atom. The van der Waals surface area contributed by atoms with Gasteiger partial charge in [-0.3, -0.25) is 4.79 Å². The molecular formula is C44H87NO10. The van der Waals surface area contributed by atoms with E-state index in [2.05, 4.69) is 26.1 Å². The highest BCUT2D eigenvalue weighted by Crippen LogP contribution is 2.23. The van der Waals surface area contributed by atoms with E-state index in [0.29, 0.717) is 19.3 Å². The molecule has 1 rings (SSSR count). The number of hydrogen-bond donors (Lipinski definition) is 8. The van der Waals surface area contributed by atoms with E-state index in [1.54, 1.807) is 0 Å². The highest BCUT2D eigenvalue weighted by Gasteiger charge is 2.44. The average Bonchev–Trinajstić information content (AvgIpc) is 3.17. The summed E-state index contributed by atoms with van der Waals surface area (Å²) in [4.78, 5) is 13.1. The van der Waals surface area contributed by atoms with Gasteiger partial charge in [-0.2, -0.15) is 0 Å². The number of carbonyl (C=O) groups is 1. The smallest absolute Gasteiger partial charge is 0.249 e. The zero-order valence-corrected chi connectivity index (χ0v) is 35.3. The first-order valence-corrected chi connectivity index (χ1v) is 22.8. The van der Waals surface area contributed by atoms with Crippen molar-refractivity contribution in [3.05, 3.63) is 0 Å². The second-order valence-corrected chi connectivity index (χ2v) is 17.0. The first-order valence-electron chi connectivity index (χ1n) is 22.8. The lowest BCUT2D eigenvalue weighted by atomic mass is 9.98. The van der Waals surface area contributed by atoms with Crippen LogP contribution in [0.15, 0.2) is 0 Å². The van der Waals surface area contributed by atoms with Gasteiger partial charge in [0.05, 0.1) is 25.4 Å². The summed E-state index contributed by atoms with van der Waals surface area (Å²) in [5, 5.41) is 75.5. The van der Waals surface area contributed by atoms with Crippen LogP contribution in [0.4, 0.5) is 0 Å². The SMILES string of the molecule is CCCCCCCCCCCCCCCCCCCC[C@@H](O)C(=O)N[C@@H](CO[C@@H]1O[C@H](CO)[C@@H](O)[C@H](O)[C@H]1O)[C@H](O)[C@H](O)CCCCCCCCCC(C)C. The molecule has 0 aromatic rings. The summed E-state index contributed by atoms with van der Waals surface area (Å²) in [5.41, 5.74) is 0. The standard InChI is InChI=1S/C44H87NO10/c1-4-5-6-7-8-9-10-11-12-13-14-15-16-17-18-21-25-28-31-37(48)43(53)45-35(33-54-44-42(52)41(51)40(50)38(32-46)55-44)39(49)36(47)30-27-24-22-19-20-23-26-29-34(2)3/h34-42,44,46-52H,4-33H2,1-3H3,(H,45,53)/t35-,36+,37+,38+,39-,40+,41-,42+,44+/m0/s1. The topological polar surface area (TPSA) is 189 Å². The first-order chi connectivity index (χ1) is 26.5. The molecule has 328 valence electrons. The minimum absolute atomic E-state index is 0.265. The molecule has 0 radical (unpaired) electrons. The second kappa shape index (κ2) is 34.0. The summed E-state index contributed by atoms with van der Waals surface area (Å²) >= 11 is 0. The van der Waals surface area contributed by atoms with Gasteiger partial charge in [-0.05, 0) is 18.8 Å². The number of ether oxygens (including phenoxy) is 2. The number of carbonyl (C=O) groups excluding carboxylic acids is 1. The Labute approximate surface area is 335 Å². The fourth-order valence-corrected chi connectivity index (χ4v) is 7.51. The van der Waals surface area contributed by atoms with Gasteiger partial charge in [-0.25, -0.2) is 0 Å². The van der Waals surface area contributed by atoms with E-state index >= 15 is 0 Å². The molecule has 11 nitrogen and oxygen atoms in total. The summed E-state index contributed by atoms with van der Waals surface area (Å²) in [5.74, 6) is 0.0314. The molecule has 0 spiro atoms. The van der Waals surface area contributed by atoms with Crippen LogP contribution in [-0.2, 0) is 14.3 Å². The van der Waals surface area contributed by atoms with Gasteiger partial charge in [-0.15, -0.1) is 0 Å². The van der Waals surface area contributed by atoms with Crippen molar-refractivity contribution < 1.29 is 50.0 Å². The molecule has 55 heavy (non-hydrogen) atoms. The summed E-state index contributed by atoms with van der Waals surface area (Å²) < 4.78 is 11.1. The van der Waals surface area contributed by atoms with Crippen LogP contribution in [-0.4, -0.2) is 110 Å². The molecule has 1 amide bonds. The number of hydrogen-bond acceptors (Lipinski definition) is 10. The van der Waals surface area contributed by atoms with Gasteiger partial charge in [0.2, 0.25) is 5.91 Å². The molecule has 0 aromatic heterocycles. The third kappa shape index (κ3) is 25.3. The van der Waals surface area contributed by atoms with Gasteiger partial charge >= 0.3 is 0 Å². The normalized spacial score (nSPS) is 22.5. The summed E-state index contributed by atoms with van der Waals surface area (Å²) in [7, 11) is 0. The predicted octanol–water partition coefficient (Wildman–Crippen LogP) is 6.97. The van der Waals surface area contributed by atoms with Gasteiger partial charge in [0.25, 0.3) is 0 Å². The maximum absolute atomic E-state index is 13.1. The van der Waals surface area contributed by atoms with Crippen molar-refractivity contribution in [2.75, 3.05) is 13.2 Å². The lowest BCUT2D eigenvalue weighted by molar-refractivity contribution is -0.303. The summed E-state index contributed by atoms with van der Waals surface area (Å²) in [6.45, 7) is 5.69. The summed E-state index contributed by atoms with van der Waals surface area (Å²) in [6.07, 6.45) is 20.4. The number of unbranched alkanes of at least 4 members (excludes halogenated alkanes) is 23. The third-order valence-electron chi connectivity index (χ3n) is 11.3. The van der Waals surface area contributed by atoms with Crippen molar-refractivity contribution in [1.82, 2.24) is 5.32 Å². The van der Waals surface area contributed by atoms with Crippen LogP contribution in [0, 0.1) is 5.92 Å². The highest BCUT2D eigenvalue weighted by molar-refractivity contribution is 5.80. The van der Waals surface area contributed by atoms with E-state index in [1.165, 1.54) is 116 Å². The van der Waals surface area contributed by atoms with E-state index in [9.17, 15) is 40.5 Å². The maximum atomic E-state index is 13.1. The molecule has 0 bridgehead atoms. The number of amides is 1. The molecule has 1 fully saturated rings. The lowest BCUT2D eigenvalue weighted by Crippen LogP contribution is -2.60. The molecule has 0 aromatic carbocycles. The molecule has 9 atom stereocenters. The van der Waals surface area contributed by atoms with Crippen LogP contribution in [0.2, 0.25) is 0 Å². The molecular weight excluding hydrogens is 702 g/mol. The Kier molecular flexibility index (Phi) is 32.2. The highest BCUT2D eigenvalue weighted by atomic mass is 16.7. The third-order valence-corrected chi connectivity index (χ3v) is 11.3. The van der Waals surface area contributed by atoms with Gasteiger partial charge in [-0.1, -0.05) is 188 Å². The molecule has 1 aliphatic heterocycles. The zero-order chi connectivity index (χ0) is 40.7. The van der Waals surface area contributed by atoms with E-state index in [4.69, 9.17) is 9.47 Å². The molecule has 0 aliphatic carbocycles.